The quantitative estimate of drug-likeness (QED) is 0.0797. The van der Waals surface area contributed by atoms with Gasteiger partial charge in [0.15, 0.2) is 0 Å². The number of esters is 2. The maximum atomic E-state index is 14.8. The average Bonchev–Trinajstić information content (AvgIpc) is 3.36. The first-order valence-corrected chi connectivity index (χ1v) is 26.8. The molecule has 2 heterocycles. The molecular weight excluding hydrogens is 1040 g/mol. The average molecular weight is 1120 g/mol. The van der Waals surface area contributed by atoms with Crippen LogP contribution in [0.4, 0.5) is 0 Å². The minimum Gasteiger partial charge on any atom is -0.506 e. The Morgan fingerprint density at radius 2 is 1.38 bits per heavy atom. The highest BCUT2D eigenvalue weighted by Crippen LogP contribution is 2.27. The number of aliphatic hydroxyl groups is 2. The lowest BCUT2D eigenvalue weighted by atomic mass is 9.94. The third kappa shape index (κ3) is 17.7. The molecule has 0 radical (unpaired) electrons. The molecule has 0 aliphatic carbocycles. The van der Waals surface area contributed by atoms with Crippen LogP contribution in [0.25, 0.3) is 0 Å². The van der Waals surface area contributed by atoms with Crippen molar-refractivity contribution in [2.75, 3.05) is 7.05 Å². The van der Waals surface area contributed by atoms with E-state index in [-0.39, 0.29) is 49.3 Å². The maximum Gasteiger partial charge on any atom is 0.329 e. The molecule has 2 saturated heterocycles. The predicted molar refractivity (Wildman–Crippen MR) is 281 cm³/mol. The summed E-state index contributed by atoms with van der Waals surface area (Å²) >= 11 is 6.23. The highest BCUT2D eigenvalue weighted by atomic mass is 35.5. The number of hydrogen-bond acceptors (Lipinski definition) is 16. The number of fused-ring (bicyclic) bond motifs is 2. The molecule has 2 aliphatic heterocycles. The summed E-state index contributed by atoms with van der Waals surface area (Å²) in [6.07, 6.45) is -6.03. The zero-order chi connectivity index (χ0) is 59.0. The van der Waals surface area contributed by atoms with E-state index < -0.39 is 156 Å². The van der Waals surface area contributed by atoms with E-state index in [2.05, 4.69) is 37.2 Å². The van der Waals surface area contributed by atoms with Crippen molar-refractivity contribution in [3.8, 4) is 5.75 Å². The van der Waals surface area contributed by atoms with Crippen LogP contribution in [0.15, 0.2) is 18.2 Å². The van der Waals surface area contributed by atoms with E-state index in [0.717, 1.165) is 4.90 Å². The Bertz CT molecular complexity index is 2360. The number of phenolic OH excluding ortho intramolecular Hbond substituents is 1. The van der Waals surface area contributed by atoms with Crippen molar-refractivity contribution >= 4 is 76.7 Å². The standard InChI is InChI=1S/C52H80ClN9O16/c1-13-16-36(65)54-26(7)44(68)59-41(29(10)77-51(75)27(8)55-37(66)17-14-2)48(72)60-42-30(11)78-52(76)39(24(4)5)57-45(69)34(23-31-18-20-35(64)32(53)22-31)61(12)50(74)43(28(9)63)62-38(67)21-19-33(49(62)73)56-46(70)40(25(6)15-3)58-47(42)71/h18,20,22,24-30,33-34,38-43,63-64,67H,13-17,19,21,23H2,1-12H3,(H,54,65)(H,55,66)(H,56,70)(H,57,69)(H,58,71)(H,59,68)(H,60,72)/t25-,26+,27+,28+,29-,30-,33-,34-,38-,39-,40-,41-,42-,43+/m1/s1. The monoisotopic (exact) mass is 1120 g/mol. The van der Waals surface area contributed by atoms with Gasteiger partial charge in [-0.3, -0.25) is 43.2 Å². The Morgan fingerprint density at radius 3 is 1.94 bits per heavy atom. The number of piperidine rings is 1. The van der Waals surface area contributed by atoms with Gasteiger partial charge in [0.05, 0.1) is 11.1 Å². The van der Waals surface area contributed by atoms with Gasteiger partial charge in [-0.25, -0.2) is 9.59 Å². The number of ether oxygens (including phenoxy) is 2. The van der Waals surface area contributed by atoms with Crippen LogP contribution in [0.5, 0.6) is 5.75 Å². The van der Waals surface area contributed by atoms with Crippen molar-refractivity contribution in [2.45, 2.75) is 206 Å². The summed E-state index contributed by atoms with van der Waals surface area (Å²) in [7, 11) is 1.20. The minimum absolute atomic E-state index is 0.0655. The van der Waals surface area contributed by atoms with E-state index in [0.29, 0.717) is 23.3 Å². The molecule has 10 N–H and O–H groups in total. The van der Waals surface area contributed by atoms with Crippen LogP contribution in [0.3, 0.4) is 0 Å². The van der Waals surface area contributed by atoms with Gasteiger partial charge in [0.2, 0.25) is 53.2 Å². The molecule has 14 atom stereocenters. The van der Waals surface area contributed by atoms with E-state index >= 15 is 0 Å². The zero-order valence-electron chi connectivity index (χ0n) is 46.5. The smallest absolute Gasteiger partial charge is 0.329 e. The molecule has 0 aromatic heterocycles. The topological polar surface area (TPSA) is 358 Å². The van der Waals surface area contributed by atoms with Gasteiger partial charge in [-0.05, 0) is 89.8 Å². The molecule has 3 rings (SSSR count). The first kappa shape index (κ1) is 65.7. The van der Waals surface area contributed by atoms with Crippen molar-refractivity contribution in [3.63, 3.8) is 0 Å². The van der Waals surface area contributed by atoms with Gasteiger partial charge in [0.1, 0.15) is 78.6 Å². The Kier molecular flexibility index (Phi) is 25.2. The number of aliphatic hydroxyl groups excluding tert-OH is 2. The van der Waals surface area contributed by atoms with E-state index in [1.54, 1.807) is 27.7 Å². The van der Waals surface area contributed by atoms with Crippen molar-refractivity contribution in [1.82, 2.24) is 47.0 Å². The summed E-state index contributed by atoms with van der Waals surface area (Å²) in [6, 6.07) is -10.2. The van der Waals surface area contributed by atoms with Crippen molar-refractivity contribution < 1.29 is 77.5 Å². The SMILES string of the molecule is CCCC(=O)N[C@@H](C)C(=O)N[C@@H](C(=O)N[C@H]1C(=O)N[C@H]([C@H](C)CC)C(=O)N[C@@H]2CC[C@@H](O)N(C2=O)[C@@H]([C@H](C)O)C(=O)N(C)[C@H](Cc2ccc(O)c(Cl)c2)C(=O)N[C@H](C(C)C)C(=O)O[C@@H]1C)[C@@H](C)OC(=O)[C@H](C)NC(=O)CCC. The summed E-state index contributed by atoms with van der Waals surface area (Å²) in [5, 5.41) is 50.3. The number of aromatic hydroxyl groups is 1. The number of carbonyl (C=O) groups excluding carboxylic acids is 11. The third-order valence-electron chi connectivity index (χ3n) is 13.6. The Balaban J connectivity index is 2.26. The van der Waals surface area contributed by atoms with Gasteiger partial charge < -0.3 is 71.8 Å². The lowest BCUT2D eigenvalue weighted by Gasteiger charge is -2.43. The number of nitrogens with zero attached hydrogens (tertiary/aromatic N) is 2. The Hall–Kier alpha value is -6.60. The van der Waals surface area contributed by atoms with Crippen LogP contribution in [0.2, 0.25) is 5.02 Å². The second-order valence-electron chi connectivity index (χ2n) is 20.4. The molecular formula is C52H80ClN9O16. The predicted octanol–water partition coefficient (Wildman–Crippen LogP) is -0.282. The number of cyclic esters (lactones) is 1. The summed E-state index contributed by atoms with van der Waals surface area (Å²) in [5.41, 5.74) is 0.307. The molecule has 436 valence electrons. The van der Waals surface area contributed by atoms with E-state index in [9.17, 15) is 68.1 Å². The minimum atomic E-state index is -1.97. The number of carbonyl (C=O) groups is 11. The lowest BCUT2D eigenvalue weighted by molar-refractivity contribution is -0.170. The van der Waals surface area contributed by atoms with Crippen molar-refractivity contribution in [2.24, 2.45) is 11.8 Å². The molecule has 2 bridgehead atoms. The van der Waals surface area contributed by atoms with E-state index in [4.69, 9.17) is 21.1 Å². The summed E-state index contributed by atoms with van der Waals surface area (Å²) in [4.78, 5) is 156. The molecule has 78 heavy (non-hydrogen) atoms. The van der Waals surface area contributed by atoms with Crippen LogP contribution >= 0.6 is 11.6 Å². The van der Waals surface area contributed by atoms with Crippen LogP contribution in [0, 0.1) is 11.8 Å². The van der Waals surface area contributed by atoms with Crippen LogP contribution in [-0.4, -0.2) is 176 Å². The first-order chi connectivity index (χ1) is 36.5. The van der Waals surface area contributed by atoms with Crippen molar-refractivity contribution in [1.29, 1.82) is 0 Å². The number of halogens is 1. The van der Waals surface area contributed by atoms with Gasteiger partial charge in [-0.15, -0.1) is 0 Å². The number of amides is 9. The van der Waals surface area contributed by atoms with Gasteiger partial charge in [0.25, 0.3) is 0 Å². The van der Waals surface area contributed by atoms with Crippen molar-refractivity contribution in [3.05, 3.63) is 28.8 Å². The van der Waals surface area contributed by atoms with Crippen LogP contribution in [0.1, 0.15) is 127 Å². The lowest BCUT2D eigenvalue weighted by Crippen LogP contribution is -2.67. The molecule has 0 unspecified atom stereocenters. The maximum absolute atomic E-state index is 14.8. The Morgan fingerprint density at radius 1 is 0.795 bits per heavy atom. The largest absolute Gasteiger partial charge is 0.506 e. The van der Waals surface area contributed by atoms with Gasteiger partial charge in [0, 0.05) is 26.3 Å². The van der Waals surface area contributed by atoms with E-state index in [1.807, 2.05) is 0 Å². The number of nitrogens with one attached hydrogen (secondary N) is 7. The number of rotatable bonds is 19. The third-order valence-corrected chi connectivity index (χ3v) is 13.9. The van der Waals surface area contributed by atoms with Crippen LogP contribution < -0.4 is 37.2 Å². The van der Waals surface area contributed by atoms with Gasteiger partial charge in [-0.2, -0.15) is 0 Å². The second-order valence-corrected chi connectivity index (χ2v) is 20.8. The zero-order valence-corrected chi connectivity index (χ0v) is 47.2. The normalized spacial score (nSPS) is 25.2. The highest BCUT2D eigenvalue weighted by Gasteiger charge is 2.48. The molecule has 0 spiro atoms. The second kappa shape index (κ2) is 30.0. The molecule has 1 aromatic carbocycles. The van der Waals surface area contributed by atoms with Crippen LogP contribution in [-0.2, 0) is 68.6 Å². The molecule has 2 fully saturated rings. The summed E-state index contributed by atoms with van der Waals surface area (Å²) in [6.45, 7) is 16.2. The molecule has 26 heteroatoms. The van der Waals surface area contributed by atoms with Gasteiger partial charge in [-0.1, -0.05) is 65.6 Å². The summed E-state index contributed by atoms with van der Waals surface area (Å²) in [5.74, 6) is -12.1. The number of likely N-dealkylation sites (N-methyl/N-ethyl adjacent to an activating group) is 1. The molecule has 1 aromatic rings. The first-order valence-electron chi connectivity index (χ1n) is 26.4. The fourth-order valence-corrected chi connectivity index (χ4v) is 8.94. The van der Waals surface area contributed by atoms with E-state index in [1.165, 1.54) is 73.7 Å². The molecule has 0 saturated carbocycles. The molecule has 25 nitrogen and oxygen atoms in total. The number of benzene rings is 1. The van der Waals surface area contributed by atoms with Gasteiger partial charge >= 0.3 is 11.9 Å². The highest BCUT2D eigenvalue weighted by molar-refractivity contribution is 6.32. The summed E-state index contributed by atoms with van der Waals surface area (Å²) < 4.78 is 11.5. The molecule has 9 amide bonds. The fraction of sp³-hybridized carbons (Fsp3) is 0.673. The molecule has 2 aliphatic rings. The number of phenols is 1. The fourth-order valence-electron chi connectivity index (χ4n) is 8.74. The number of hydrogen-bond donors (Lipinski definition) is 10. The Labute approximate surface area is 459 Å².